The van der Waals surface area contributed by atoms with Crippen molar-refractivity contribution < 1.29 is 19.4 Å². The predicted octanol–water partition coefficient (Wildman–Crippen LogP) is 2.24. The Morgan fingerprint density at radius 1 is 1.55 bits per heavy atom. The van der Waals surface area contributed by atoms with Crippen LogP contribution in [0, 0.1) is 5.92 Å². The highest BCUT2D eigenvalue weighted by molar-refractivity contribution is 7.08. The highest BCUT2D eigenvalue weighted by Gasteiger charge is 2.37. The molecule has 2 rings (SSSR count). The molecule has 2 N–H and O–H groups in total. The number of hydrogen-bond donors (Lipinski definition) is 2. The molecular formula is C16H23NO4S. The topological polar surface area (TPSA) is 67.8 Å². The largest absolute Gasteiger partial charge is 0.459 e. The van der Waals surface area contributed by atoms with Crippen molar-refractivity contribution in [2.75, 3.05) is 20.3 Å². The Labute approximate surface area is 134 Å². The van der Waals surface area contributed by atoms with Crippen LogP contribution in [-0.2, 0) is 14.3 Å². The number of nitrogens with one attached hydrogen (secondary N) is 1. The number of ether oxygens (including phenoxy) is 2. The van der Waals surface area contributed by atoms with Crippen LogP contribution in [-0.4, -0.2) is 37.6 Å². The summed E-state index contributed by atoms with van der Waals surface area (Å²) in [5.74, 6) is 0.188. The van der Waals surface area contributed by atoms with Gasteiger partial charge in [-0.25, -0.2) is 0 Å². The fraction of sp³-hybridized carbons (Fsp3) is 0.562. The van der Waals surface area contributed by atoms with Crippen molar-refractivity contribution in [1.82, 2.24) is 5.32 Å². The molecule has 0 aliphatic carbocycles. The van der Waals surface area contributed by atoms with E-state index >= 15 is 0 Å². The van der Waals surface area contributed by atoms with Crippen LogP contribution < -0.4 is 5.32 Å². The Bertz CT molecular complexity index is 500. The number of hydrogen-bond acceptors (Lipinski definition) is 5. The van der Waals surface area contributed by atoms with E-state index in [-0.39, 0.29) is 24.3 Å². The summed E-state index contributed by atoms with van der Waals surface area (Å²) in [6.45, 7) is 2.55. The normalized spacial score (nSPS) is 24.5. The fourth-order valence-corrected chi connectivity index (χ4v) is 3.44. The van der Waals surface area contributed by atoms with E-state index in [1.54, 1.807) is 18.4 Å². The maximum absolute atomic E-state index is 12.0. The van der Waals surface area contributed by atoms with Crippen molar-refractivity contribution in [2.45, 2.75) is 32.0 Å². The van der Waals surface area contributed by atoms with Crippen molar-refractivity contribution in [3.8, 4) is 0 Å². The SMILES string of the molecule is CCO[C@@H]1OC(C(=O)NC)=C[C@H](c2ccsc2)[C@H]1CCCO. The van der Waals surface area contributed by atoms with E-state index in [4.69, 9.17) is 14.6 Å². The number of aliphatic hydroxyl groups excluding tert-OH is 1. The van der Waals surface area contributed by atoms with Crippen LogP contribution in [0.1, 0.15) is 31.2 Å². The average Bonchev–Trinajstić information content (AvgIpc) is 3.06. The third-order valence-electron chi connectivity index (χ3n) is 3.79. The monoisotopic (exact) mass is 325 g/mol. The van der Waals surface area contributed by atoms with Gasteiger partial charge in [-0.1, -0.05) is 0 Å². The van der Waals surface area contributed by atoms with Gasteiger partial charge in [0.2, 0.25) is 6.29 Å². The lowest BCUT2D eigenvalue weighted by Crippen LogP contribution is -2.38. The van der Waals surface area contributed by atoms with E-state index in [0.29, 0.717) is 18.8 Å². The van der Waals surface area contributed by atoms with E-state index in [1.807, 2.05) is 18.4 Å². The summed E-state index contributed by atoms with van der Waals surface area (Å²) >= 11 is 1.63. The maximum Gasteiger partial charge on any atom is 0.285 e. The van der Waals surface area contributed by atoms with Crippen molar-refractivity contribution in [1.29, 1.82) is 0 Å². The van der Waals surface area contributed by atoms with Gasteiger partial charge in [0.05, 0.1) is 0 Å². The van der Waals surface area contributed by atoms with E-state index < -0.39 is 6.29 Å². The Balaban J connectivity index is 2.33. The number of allylic oxidation sites excluding steroid dienone is 1. The number of aliphatic hydroxyl groups is 1. The quantitative estimate of drug-likeness (QED) is 0.807. The van der Waals surface area contributed by atoms with E-state index in [0.717, 1.165) is 12.0 Å². The number of carbonyl (C=O) groups is 1. The van der Waals surface area contributed by atoms with E-state index in [1.165, 1.54) is 0 Å². The zero-order valence-electron chi connectivity index (χ0n) is 13.0. The van der Waals surface area contributed by atoms with Gasteiger partial charge in [0.1, 0.15) is 0 Å². The van der Waals surface area contributed by atoms with Crippen molar-refractivity contribution >= 4 is 17.2 Å². The minimum absolute atomic E-state index is 0.0513. The van der Waals surface area contributed by atoms with Gasteiger partial charge < -0.3 is 19.9 Å². The summed E-state index contributed by atoms with van der Waals surface area (Å²) in [6.07, 6.45) is 2.86. The number of thiophene rings is 1. The van der Waals surface area contributed by atoms with Gasteiger partial charge in [0.15, 0.2) is 5.76 Å². The van der Waals surface area contributed by atoms with Crippen LogP contribution >= 0.6 is 11.3 Å². The molecule has 1 aromatic rings. The number of rotatable bonds is 7. The Morgan fingerprint density at radius 2 is 2.36 bits per heavy atom. The minimum Gasteiger partial charge on any atom is -0.459 e. The summed E-state index contributed by atoms with van der Waals surface area (Å²) in [4.78, 5) is 12.0. The molecule has 2 heterocycles. The highest BCUT2D eigenvalue weighted by Crippen LogP contribution is 2.39. The number of carbonyl (C=O) groups excluding carboxylic acids is 1. The smallest absolute Gasteiger partial charge is 0.285 e. The molecule has 0 aromatic carbocycles. The molecule has 6 heteroatoms. The molecule has 0 saturated heterocycles. The van der Waals surface area contributed by atoms with Gasteiger partial charge in [-0.3, -0.25) is 4.79 Å². The van der Waals surface area contributed by atoms with E-state index in [9.17, 15) is 4.79 Å². The number of amides is 1. The maximum atomic E-state index is 12.0. The van der Waals surface area contributed by atoms with Crippen molar-refractivity contribution in [3.63, 3.8) is 0 Å². The molecule has 0 saturated carbocycles. The standard InChI is InChI=1S/C16H23NO4S/c1-3-20-16-12(5-4-7-18)13(11-6-8-22-10-11)9-14(21-16)15(19)17-2/h6,8-10,12-13,16,18H,3-5,7H2,1-2H3,(H,17,19)/t12-,13-,16-/m1/s1. The minimum atomic E-state index is -0.473. The molecule has 1 amide bonds. The molecule has 0 bridgehead atoms. The molecule has 122 valence electrons. The fourth-order valence-electron chi connectivity index (χ4n) is 2.73. The average molecular weight is 325 g/mol. The summed E-state index contributed by atoms with van der Waals surface area (Å²) in [5, 5.41) is 15.9. The Hall–Kier alpha value is -1.37. The molecule has 1 aromatic heterocycles. The first kappa shape index (κ1) is 17.0. The van der Waals surface area contributed by atoms with Crippen LogP contribution in [0.5, 0.6) is 0 Å². The first-order valence-electron chi connectivity index (χ1n) is 7.56. The third-order valence-corrected chi connectivity index (χ3v) is 4.49. The van der Waals surface area contributed by atoms with E-state index in [2.05, 4.69) is 16.8 Å². The summed E-state index contributed by atoms with van der Waals surface area (Å²) in [5.41, 5.74) is 1.15. The lowest BCUT2D eigenvalue weighted by atomic mass is 9.81. The summed E-state index contributed by atoms with van der Waals surface area (Å²) in [6, 6.07) is 2.06. The zero-order valence-corrected chi connectivity index (χ0v) is 13.8. The Morgan fingerprint density at radius 3 is 2.95 bits per heavy atom. The first-order chi connectivity index (χ1) is 10.7. The molecule has 22 heavy (non-hydrogen) atoms. The lowest BCUT2D eigenvalue weighted by molar-refractivity contribution is -0.166. The van der Waals surface area contributed by atoms with Crippen molar-refractivity contribution in [3.05, 3.63) is 34.2 Å². The van der Waals surface area contributed by atoms with Crippen LogP contribution in [0.2, 0.25) is 0 Å². The summed E-state index contributed by atoms with van der Waals surface area (Å²) in [7, 11) is 1.58. The van der Waals surface area contributed by atoms with Gasteiger partial charge in [0, 0.05) is 32.1 Å². The third kappa shape index (κ3) is 3.88. The predicted molar refractivity (Wildman–Crippen MR) is 85.5 cm³/mol. The van der Waals surface area contributed by atoms with Gasteiger partial charge in [-0.2, -0.15) is 11.3 Å². The number of likely N-dealkylation sites (N-methyl/N-ethyl adjacent to an activating group) is 1. The molecule has 0 spiro atoms. The van der Waals surface area contributed by atoms with Crippen molar-refractivity contribution in [2.24, 2.45) is 5.92 Å². The van der Waals surface area contributed by atoms with Gasteiger partial charge in [0.25, 0.3) is 5.91 Å². The summed E-state index contributed by atoms with van der Waals surface area (Å²) < 4.78 is 11.5. The second-order valence-electron chi connectivity index (χ2n) is 5.16. The highest BCUT2D eigenvalue weighted by atomic mass is 32.1. The van der Waals surface area contributed by atoms with Crippen LogP contribution in [0.15, 0.2) is 28.7 Å². The molecule has 1 aliphatic heterocycles. The van der Waals surface area contributed by atoms with Crippen LogP contribution in [0.4, 0.5) is 0 Å². The Kier molecular flexibility index (Phi) is 6.42. The van der Waals surface area contributed by atoms with Gasteiger partial charge in [-0.05, 0) is 48.2 Å². The molecule has 3 atom stereocenters. The molecular weight excluding hydrogens is 302 g/mol. The molecule has 1 aliphatic rings. The first-order valence-corrected chi connectivity index (χ1v) is 8.50. The molecule has 0 unspecified atom stereocenters. The molecule has 5 nitrogen and oxygen atoms in total. The van der Waals surface area contributed by atoms with Crippen LogP contribution in [0.25, 0.3) is 0 Å². The lowest BCUT2D eigenvalue weighted by Gasteiger charge is -2.36. The second-order valence-corrected chi connectivity index (χ2v) is 5.94. The zero-order chi connectivity index (χ0) is 15.9. The molecule has 0 fully saturated rings. The van der Waals surface area contributed by atoms with Crippen LogP contribution in [0.3, 0.4) is 0 Å². The van der Waals surface area contributed by atoms with Gasteiger partial charge >= 0.3 is 0 Å². The van der Waals surface area contributed by atoms with Gasteiger partial charge in [-0.15, -0.1) is 0 Å². The second kappa shape index (κ2) is 8.31. The molecule has 0 radical (unpaired) electrons.